The number of nitrogens with zero attached hydrogens (tertiary/aromatic N) is 3. The van der Waals surface area contributed by atoms with Crippen LogP contribution >= 0.6 is 15.9 Å². The third-order valence-electron chi connectivity index (χ3n) is 4.75. The number of carbonyl (C=O) groups is 2. The number of benzene rings is 2. The van der Waals surface area contributed by atoms with Crippen LogP contribution in [-0.2, 0) is 22.7 Å². The molecule has 0 atom stereocenters. The van der Waals surface area contributed by atoms with E-state index in [9.17, 15) is 14.4 Å². The van der Waals surface area contributed by atoms with Crippen LogP contribution in [0, 0.1) is 0 Å². The number of imidazole rings is 1. The molecule has 0 spiro atoms. The molecule has 7 nitrogen and oxygen atoms in total. The molecular formula is C21H23BrN4O3. The third-order valence-corrected chi connectivity index (χ3v) is 5.44. The minimum atomic E-state index is -0.285. The summed E-state index contributed by atoms with van der Waals surface area (Å²) >= 11 is 3.38. The Morgan fingerprint density at radius 3 is 2.31 bits per heavy atom. The van der Waals surface area contributed by atoms with Gasteiger partial charge in [0.15, 0.2) is 0 Å². The number of aryl methyl sites for hydroxylation is 2. The first-order valence-corrected chi connectivity index (χ1v) is 10.2. The second-order valence-electron chi connectivity index (χ2n) is 6.70. The molecule has 29 heavy (non-hydrogen) atoms. The molecule has 1 aromatic heterocycles. The number of aromatic nitrogens is 2. The maximum absolute atomic E-state index is 12.6. The Hall–Kier alpha value is -2.87. The minimum absolute atomic E-state index is 0.0637. The number of amides is 2. The smallest absolute Gasteiger partial charge is 0.329 e. The van der Waals surface area contributed by atoms with Gasteiger partial charge in [-0.1, -0.05) is 24.3 Å². The second-order valence-corrected chi connectivity index (χ2v) is 7.55. The summed E-state index contributed by atoms with van der Waals surface area (Å²) < 4.78 is 4.08. The van der Waals surface area contributed by atoms with E-state index in [1.54, 1.807) is 22.2 Å². The normalized spacial score (nSPS) is 10.9. The molecule has 0 radical (unpaired) electrons. The Labute approximate surface area is 177 Å². The molecule has 0 saturated carbocycles. The van der Waals surface area contributed by atoms with E-state index in [-0.39, 0.29) is 37.0 Å². The third kappa shape index (κ3) is 4.59. The largest absolute Gasteiger partial charge is 0.336 e. The number of likely N-dealkylation sites (N-methyl/N-ethyl adjacent to an activating group) is 1. The van der Waals surface area contributed by atoms with Gasteiger partial charge in [-0.3, -0.25) is 18.7 Å². The van der Waals surface area contributed by atoms with Crippen molar-refractivity contribution in [2.24, 2.45) is 0 Å². The molecule has 0 aliphatic rings. The van der Waals surface area contributed by atoms with Gasteiger partial charge in [0.1, 0.15) is 0 Å². The molecule has 152 valence electrons. The molecule has 1 heterocycles. The van der Waals surface area contributed by atoms with E-state index >= 15 is 0 Å². The SMILES string of the molecule is CCn1c(=O)n(CCC(=O)N(C)CC(=O)Nc2ccccc2Br)c2ccccc21. The zero-order chi connectivity index (χ0) is 21.0. The molecule has 8 heteroatoms. The Morgan fingerprint density at radius 2 is 1.66 bits per heavy atom. The highest BCUT2D eigenvalue weighted by Gasteiger charge is 2.16. The van der Waals surface area contributed by atoms with E-state index in [1.165, 1.54) is 4.90 Å². The van der Waals surface area contributed by atoms with E-state index in [2.05, 4.69) is 21.2 Å². The van der Waals surface area contributed by atoms with Crippen LogP contribution < -0.4 is 11.0 Å². The molecule has 0 saturated heterocycles. The van der Waals surface area contributed by atoms with Crippen molar-refractivity contribution in [1.29, 1.82) is 0 Å². The molecule has 3 aromatic rings. The van der Waals surface area contributed by atoms with Crippen LogP contribution in [0.15, 0.2) is 57.8 Å². The van der Waals surface area contributed by atoms with E-state index in [0.29, 0.717) is 12.2 Å². The molecule has 0 aliphatic heterocycles. The number of carbonyl (C=O) groups excluding carboxylic acids is 2. The first-order chi connectivity index (χ1) is 13.9. The number of anilines is 1. The zero-order valence-corrected chi connectivity index (χ0v) is 18.0. The van der Waals surface area contributed by atoms with Crippen molar-refractivity contribution in [2.75, 3.05) is 18.9 Å². The van der Waals surface area contributed by atoms with Gasteiger partial charge in [0.2, 0.25) is 11.8 Å². The summed E-state index contributed by atoms with van der Waals surface area (Å²) in [5.74, 6) is -0.486. The van der Waals surface area contributed by atoms with Gasteiger partial charge in [-0.25, -0.2) is 4.79 Å². The van der Waals surface area contributed by atoms with Crippen molar-refractivity contribution in [3.63, 3.8) is 0 Å². The molecule has 0 fully saturated rings. The summed E-state index contributed by atoms with van der Waals surface area (Å²) in [5, 5.41) is 2.78. The lowest BCUT2D eigenvalue weighted by atomic mass is 10.3. The highest BCUT2D eigenvalue weighted by atomic mass is 79.9. The van der Waals surface area contributed by atoms with Crippen LogP contribution in [0.3, 0.4) is 0 Å². The molecule has 0 bridgehead atoms. The second kappa shape index (κ2) is 9.09. The Kier molecular flexibility index (Phi) is 6.53. The number of para-hydroxylation sites is 3. The van der Waals surface area contributed by atoms with E-state index in [0.717, 1.165) is 15.5 Å². The van der Waals surface area contributed by atoms with Crippen molar-refractivity contribution in [1.82, 2.24) is 14.0 Å². The quantitative estimate of drug-likeness (QED) is 0.590. The molecule has 0 aliphatic carbocycles. The number of fused-ring (bicyclic) bond motifs is 1. The van der Waals surface area contributed by atoms with Gasteiger partial charge in [0, 0.05) is 31.0 Å². The van der Waals surface area contributed by atoms with Gasteiger partial charge < -0.3 is 10.2 Å². The molecular weight excluding hydrogens is 436 g/mol. The fourth-order valence-electron chi connectivity index (χ4n) is 3.25. The van der Waals surface area contributed by atoms with Gasteiger partial charge in [0.25, 0.3) is 0 Å². The Bertz CT molecular complexity index is 1100. The molecule has 0 unspecified atom stereocenters. The summed E-state index contributed by atoms with van der Waals surface area (Å²) in [7, 11) is 1.58. The fourth-order valence-corrected chi connectivity index (χ4v) is 3.63. The Balaban J connectivity index is 1.63. The average Bonchev–Trinajstić information content (AvgIpc) is 2.98. The monoisotopic (exact) mass is 458 g/mol. The summed E-state index contributed by atoms with van der Waals surface area (Å²) in [4.78, 5) is 38.8. The summed E-state index contributed by atoms with van der Waals surface area (Å²) in [6.45, 7) is 2.68. The van der Waals surface area contributed by atoms with Crippen LogP contribution in [-0.4, -0.2) is 39.4 Å². The number of hydrogen-bond acceptors (Lipinski definition) is 3. The van der Waals surface area contributed by atoms with E-state index in [1.807, 2.05) is 49.4 Å². The molecule has 2 aromatic carbocycles. The van der Waals surface area contributed by atoms with Crippen molar-refractivity contribution in [2.45, 2.75) is 26.4 Å². The van der Waals surface area contributed by atoms with Crippen LogP contribution in [0.5, 0.6) is 0 Å². The lowest BCUT2D eigenvalue weighted by Crippen LogP contribution is -2.36. The van der Waals surface area contributed by atoms with Gasteiger partial charge in [0.05, 0.1) is 23.3 Å². The predicted molar refractivity (Wildman–Crippen MR) is 117 cm³/mol. The van der Waals surface area contributed by atoms with Crippen molar-refractivity contribution in [3.05, 3.63) is 63.5 Å². The molecule has 3 rings (SSSR count). The number of nitrogens with one attached hydrogen (secondary N) is 1. The van der Waals surface area contributed by atoms with Crippen molar-refractivity contribution < 1.29 is 9.59 Å². The van der Waals surface area contributed by atoms with Gasteiger partial charge >= 0.3 is 5.69 Å². The maximum atomic E-state index is 12.6. The van der Waals surface area contributed by atoms with E-state index < -0.39 is 0 Å². The topological polar surface area (TPSA) is 76.3 Å². The van der Waals surface area contributed by atoms with Crippen LogP contribution in [0.1, 0.15) is 13.3 Å². The predicted octanol–water partition coefficient (Wildman–Crippen LogP) is 3.07. The summed E-state index contributed by atoms with van der Waals surface area (Å²) in [6, 6.07) is 14.8. The fraction of sp³-hybridized carbons (Fsp3) is 0.286. The number of halogens is 1. The van der Waals surface area contributed by atoms with E-state index in [4.69, 9.17) is 0 Å². The lowest BCUT2D eigenvalue weighted by molar-refractivity contribution is -0.133. The number of hydrogen-bond donors (Lipinski definition) is 1. The van der Waals surface area contributed by atoms with Crippen LogP contribution in [0.4, 0.5) is 5.69 Å². The lowest BCUT2D eigenvalue weighted by Gasteiger charge is -2.17. The number of rotatable bonds is 7. The van der Waals surface area contributed by atoms with Gasteiger partial charge in [-0.15, -0.1) is 0 Å². The highest BCUT2D eigenvalue weighted by Crippen LogP contribution is 2.21. The van der Waals surface area contributed by atoms with Crippen LogP contribution in [0.2, 0.25) is 0 Å². The summed E-state index contributed by atoms with van der Waals surface area (Å²) in [6.07, 6.45) is 0.135. The zero-order valence-electron chi connectivity index (χ0n) is 16.4. The molecule has 1 N–H and O–H groups in total. The minimum Gasteiger partial charge on any atom is -0.336 e. The molecule has 2 amide bonds. The Morgan fingerprint density at radius 1 is 1.03 bits per heavy atom. The summed E-state index contributed by atoms with van der Waals surface area (Å²) in [5.41, 5.74) is 2.18. The first-order valence-electron chi connectivity index (χ1n) is 9.38. The van der Waals surface area contributed by atoms with Gasteiger partial charge in [-0.2, -0.15) is 0 Å². The van der Waals surface area contributed by atoms with Crippen LogP contribution in [0.25, 0.3) is 11.0 Å². The average molecular weight is 459 g/mol. The first kappa shape index (κ1) is 20.9. The van der Waals surface area contributed by atoms with Crippen molar-refractivity contribution >= 4 is 44.5 Å². The maximum Gasteiger partial charge on any atom is 0.329 e. The standard InChI is InChI=1S/C21H23BrN4O3/c1-3-25-17-10-6-7-11-18(17)26(21(25)29)13-12-20(28)24(2)14-19(27)23-16-9-5-4-8-15(16)22/h4-11H,3,12-14H2,1-2H3,(H,23,27). The van der Waals surface area contributed by atoms with Crippen molar-refractivity contribution in [3.8, 4) is 0 Å². The highest BCUT2D eigenvalue weighted by molar-refractivity contribution is 9.10. The van der Waals surface area contributed by atoms with Gasteiger partial charge in [-0.05, 0) is 47.1 Å².